The first-order valence-corrected chi connectivity index (χ1v) is 7.24. The summed E-state index contributed by atoms with van der Waals surface area (Å²) in [5.74, 6) is 2.55. The number of nitrogens with one attached hydrogen (secondary N) is 1. The summed E-state index contributed by atoms with van der Waals surface area (Å²) < 4.78 is 1.97. The topological polar surface area (TPSA) is 40.8 Å². The summed E-state index contributed by atoms with van der Waals surface area (Å²) in [4.78, 5) is 0. The molecular formula is C13H19N3S. The third-order valence-corrected chi connectivity index (χ3v) is 4.61. The maximum absolute atomic E-state index is 8.98. The molecule has 1 N–H and O–H groups in total. The maximum Gasteiger partial charge on any atom is 0.120 e. The molecule has 1 aliphatic rings. The van der Waals surface area contributed by atoms with Crippen LogP contribution in [0.3, 0.4) is 0 Å². The van der Waals surface area contributed by atoms with E-state index in [1.807, 2.05) is 29.4 Å². The Morgan fingerprint density at radius 1 is 1.53 bits per heavy atom. The standard InChI is InChI=1S/C13H19N3S/c1-10-11(7-13(8-14)16(10)2)9-15-12-3-5-17-6-4-12/h7,12,15H,3-6,9H2,1-2H3. The van der Waals surface area contributed by atoms with Gasteiger partial charge in [-0.2, -0.15) is 17.0 Å². The number of aromatic nitrogens is 1. The van der Waals surface area contributed by atoms with Crippen LogP contribution in [-0.2, 0) is 13.6 Å². The van der Waals surface area contributed by atoms with Crippen molar-refractivity contribution in [3.8, 4) is 6.07 Å². The van der Waals surface area contributed by atoms with Crippen LogP contribution in [0.5, 0.6) is 0 Å². The van der Waals surface area contributed by atoms with Crippen LogP contribution in [0.4, 0.5) is 0 Å². The monoisotopic (exact) mass is 249 g/mol. The van der Waals surface area contributed by atoms with Gasteiger partial charge in [0.25, 0.3) is 0 Å². The Morgan fingerprint density at radius 2 is 2.24 bits per heavy atom. The minimum absolute atomic E-state index is 0.654. The zero-order valence-corrected chi connectivity index (χ0v) is 11.3. The van der Waals surface area contributed by atoms with Crippen LogP contribution < -0.4 is 5.32 Å². The number of thioether (sulfide) groups is 1. The zero-order valence-electron chi connectivity index (χ0n) is 10.5. The van der Waals surface area contributed by atoms with Crippen molar-refractivity contribution < 1.29 is 0 Å². The summed E-state index contributed by atoms with van der Waals surface area (Å²) in [7, 11) is 1.95. The Labute approximate surface area is 107 Å². The van der Waals surface area contributed by atoms with Crippen LogP contribution in [0.25, 0.3) is 0 Å². The second-order valence-electron chi connectivity index (χ2n) is 4.58. The normalized spacial score (nSPS) is 17.0. The number of hydrogen-bond acceptors (Lipinski definition) is 3. The van der Waals surface area contributed by atoms with Crippen molar-refractivity contribution in [2.45, 2.75) is 32.4 Å². The highest BCUT2D eigenvalue weighted by Gasteiger charge is 2.14. The van der Waals surface area contributed by atoms with Gasteiger partial charge in [0.2, 0.25) is 0 Å². The molecule has 1 aromatic rings. The van der Waals surface area contributed by atoms with E-state index in [2.05, 4.69) is 18.3 Å². The Bertz CT molecular complexity index is 425. The fourth-order valence-corrected chi connectivity index (χ4v) is 3.31. The number of nitriles is 1. The Balaban J connectivity index is 1.97. The largest absolute Gasteiger partial charge is 0.340 e. The Hall–Kier alpha value is -0.920. The predicted molar refractivity (Wildman–Crippen MR) is 72.1 cm³/mol. The number of rotatable bonds is 3. The first kappa shape index (κ1) is 12.5. The lowest BCUT2D eigenvalue weighted by Gasteiger charge is -2.22. The summed E-state index contributed by atoms with van der Waals surface area (Å²) >= 11 is 2.05. The first-order valence-electron chi connectivity index (χ1n) is 6.09. The van der Waals surface area contributed by atoms with Crippen LogP contribution in [0.2, 0.25) is 0 Å². The molecule has 0 atom stereocenters. The van der Waals surface area contributed by atoms with Gasteiger partial charge in [-0.3, -0.25) is 0 Å². The molecule has 0 spiro atoms. The number of hydrogen-bond donors (Lipinski definition) is 1. The summed E-state index contributed by atoms with van der Waals surface area (Å²) in [5, 5.41) is 12.6. The van der Waals surface area contributed by atoms with E-state index in [-0.39, 0.29) is 0 Å². The molecule has 0 saturated carbocycles. The van der Waals surface area contributed by atoms with Gasteiger partial charge in [0.05, 0.1) is 0 Å². The third kappa shape index (κ3) is 2.85. The highest BCUT2D eigenvalue weighted by molar-refractivity contribution is 7.99. The average molecular weight is 249 g/mol. The lowest BCUT2D eigenvalue weighted by Crippen LogP contribution is -2.32. The van der Waals surface area contributed by atoms with Crippen molar-refractivity contribution >= 4 is 11.8 Å². The van der Waals surface area contributed by atoms with E-state index in [1.54, 1.807) is 0 Å². The molecule has 4 heteroatoms. The van der Waals surface area contributed by atoms with Gasteiger partial charge in [0.15, 0.2) is 0 Å². The van der Waals surface area contributed by atoms with Crippen molar-refractivity contribution in [3.63, 3.8) is 0 Å². The highest BCUT2D eigenvalue weighted by atomic mass is 32.2. The quantitative estimate of drug-likeness (QED) is 0.892. The van der Waals surface area contributed by atoms with Crippen LogP contribution in [-0.4, -0.2) is 22.1 Å². The second kappa shape index (κ2) is 5.61. The molecule has 1 fully saturated rings. The van der Waals surface area contributed by atoms with E-state index >= 15 is 0 Å². The zero-order chi connectivity index (χ0) is 12.3. The average Bonchev–Trinajstić information content (AvgIpc) is 2.65. The van der Waals surface area contributed by atoms with Crippen molar-refractivity contribution in [2.24, 2.45) is 7.05 Å². The SMILES string of the molecule is Cc1c(CNC2CCSCC2)cc(C#N)n1C. The van der Waals surface area contributed by atoms with E-state index in [4.69, 9.17) is 5.26 Å². The van der Waals surface area contributed by atoms with E-state index in [1.165, 1.54) is 35.6 Å². The van der Waals surface area contributed by atoms with Crippen LogP contribution in [0.15, 0.2) is 6.07 Å². The van der Waals surface area contributed by atoms with E-state index < -0.39 is 0 Å². The van der Waals surface area contributed by atoms with E-state index in [9.17, 15) is 0 Å². The Morgan fingerprint density at radius 3 is 2.82 bits per heavy atom. The summed E-state index contributed by atoms with van der Waals surface area (Å²) in [6.45, 7) is 2.96. The molecule has 17 heavy (non-hydrogen) atoms. The van der Waals surface area contributed by atoms with Gasteiger partial charge in [-0.25, -0.2) is 0 Å². The lowest BCUT2D eigenvalue weighted by atomic mass is 10.1. The van der Waals surface area contributed by atoms with Crippen LogP contribution in [0, 0.1) is 18.3 Å². The molecule has 1 aromatic heterocycles. The smallest absolute Gasteiger partial charge is 0.120 e. The van der Waals surface area contributed by atoms with Gasteiger partial charge < -0.3 is 9.88 Å². The molecule has 1 saturated heterocycles. The van der Waals surface area contributed by atoms with Gasteiger partial charge in [-0.05, 0) is 42.9 Å². The molecule has 92 valence electrons. The van der Waals surface area contributed by atoms with Crippen molar-refractivity contribution in [1.82, 2.24) is 9.88 Å². The Kier molecular flexibility index (Phi) is 4.14. The first-order chi connectivity index (χ1) is 8.22. The summed E-state index contributed by atoms with van der Waals surface area (Å²) in [6, 6.07) is 4.88. The third-order valence-electron chi connectivity index (χ3n) is 3.56. The molecule has 0 bridgehead atoms. The summed E-state index contributed by atoms with van der Waals surface area (Å²) in [5.41, 5.74) is 3.19. The maximum atomic E-state index is 8.98. The lowest BCUT2D eigenvalue weighted by molar-refractivity contribution is 0.481. The fraction of sp³-hybridized carbons (Fsp3) is 0.615. The van der Waals surface area contributed by atoms with Gasteiger partial charge >= 0.3 is 0 Å². The fourth-order valence-electron chi connectivity index (χ4n) is 2.20. The molecule has 2 rings (SSSR count). The van der Waals surface area contributed by atoms with Gasteiger partial charge in [0.1, 0.15) is 11.8 Å². The van der Waals surface area contributed by atoms with Gasteiger partial charge in [-0.15, -0.1) is 0 Å². The minimum atomic E-state index is 0.654. The molecule has 3 nitrogen and oxygen atoms in total. The van der Waals surface area contributed by atoms with E-state index in [0.717, 1.165) is 12.2 Å². The van der Waals surface area contributed by atoms with Gasteiger partial charge in [-0.1, -0.05) is 0 Å². The molecule has 0 unspecified atom stereocenters. The molecule has 0 amide bonds. The van der Waals surface area contributed by atoms with Gasteiger partial charge in [0, 0.05) is 25.3 Å². The second-order valence-corrected chi connectivity index (χ2v) is 5.80. The molecule has 0 aromatic carbocycles. The van der Waals surface area contributed by atoms with Crippen LogP contribution in [0.1, 0.15) is 29.8 Å². The molecule has 0 aliphatic carbocycles. The van der Waals surface area contributed by atoms with Crippen molar-refractivity contribution in [3.05, 3.63) is 23.0 Å². The number of nitrogens with zero attached hydrogens (tertiary/aromatic N) is 2. The van der Waals surface area contributed by atoms with Crippen molar-refractivity contribution in [1.29, 1.82) is 5.26 Å². The highest BCUT2D eigenvalue weighted by Crippen LogP contribution is 2.18. The predicted octanol–water partition coefficient (Wildman–Crippen LogP) is 2.19. The van der Waals surface area contributed by atoms with E-state index in [0.29, 0.717) is 6.04 Å². The molecular weight excluding hydrogens is 230 g/mol. The minimum Gasteiger partial charge on any atom is -0.340 e. The van der Waals surface area contributed by atoms with Crippen LogP contribution >= 0.6 is 11.8 Å². The molecule has 2 heterocycles. The molecule has 0 radical (unpaired) electrons. The summed E-state index contributed by atoms with van der Waals surface area (Å²) in [6.07, 6.45) is 2.53. The molecule has 1 aliphatic heterocycles. The van der Waals surface area contributed by atoms with Crippen molar-refractivity contribution in [2.75, 3.05) is 11.5 Å².